The lowest BCUT2D eigenvalue weighted by molar-refractivity contribution is -0.138. The molecule has 0 aliphatic heterocycles. The molecule has 0 bridgehead atoms. The standard InChI is InChI=1S/C11H14F2N2O2/c1-15(11(17)10(16)5-14)6-7-4-8(12)2-3-9(7)13/h2-4,10,16H,5-6,14H2,1H3. The van der Waals surface area contributed by atoms with Gasteiger partial charge in [-0.3, -0.25) is 4.79 Å². The first-order valence-electron chi connectivity index (χ1n) is 5.02. The maximum absolute atomic E-state index is 13.3. The second kappa shape index (κ2) is 5.70. The molecule has 6 heteroatoms. The number of rotatable bonds is 4. The fourth-order valence-corrected chi connectivity index (χ4v) is 1.35. The molecule has 0 radical (unpaired) electrons. The molecule has 17 heavy (non-hydrogen) atoms. The highest BCUT2D eigenvalue weighted by atomic mass is 19.1. The summed E-state index contributed by atoms with van der Waals surface area (Å²) >= 11 is 0. The third-order valence-electron chi connectivity index (χ3n) is 2.30. The SMILES string of the molecule is CN(Cc1cc(F)ccc1F)C(=O)C(O)CN. The average Bonchev–Trinajstić information content (AvgIpc) is 2.31. The predicted octanol–water partition coefficient (Wildman–Crippen LogP) is 0.243. The molecule has 94 valence electrons. The minimum Gasteiger partial charge on any atom is -0.382 e. The third-order valence-corrected chi connectivity index (χ3v) is 2.30. The van der Waals surface area contributed by atoms with Crippen LogP contribution >= 0.6 is 0 Å². The maximum atomic E-state index is 13.3. The largest absolute Gasteiger partial charge is 0.382 e. The molecule has 0 aliphatic rings. The van der Waals surface area contributed by atoms with E-state index in [1.54, 1.807) is 0 Å². The van der Waals surface area contributed by atoms with Crippen molar-refractivity contribution in [1.29, 1.82) is 0 Å². The van der Waals surface area contributed by atoms with E-state index in [9.17, 15) is 18.7 Å². The summed E-state index contributed by atoms with van der Waals surface area (Å²) in [5.74, 6) is -1.81. The molecule has 0 aliphatic carbocycles. The smallest absolute Gasteiger partial charge is 0.252 e. The highest BCUT2D eigenvalue weighted by molar-refractivity contribution is 5.80. The van der Waals surface area contributed by atoms with Gasteiger partial charge in [0.25, 0.3) is 5.91 Å². The van der Waals surface area contributed by atoms with Gasteiger partial charge in [0, 0.05) is 25.7 Å². The van der Waals surface area contributed by atoms with Crippen LogP contribution in [0.1, 0.15) is 5.56 Å². The Morgan fingerprint density at radius 2 is 2.18 bits per heavy atom. The molecule has 0 fully saturated rings. The van der Waals surface area contributed by atoms with Gasteiger partial charge in [0.15, 0.2) is 0 Å². The van der Waals surface area contributed by atoms with Gasteiger partial charge in [-0.15, -0.1) is 0 Å². The van der Waals surface area contributed by atoms with Crippen LogP contribution in [-0.4, -0.2) is 35.6 Å². The first-order valence-corrected chi connectivity index (χ1v) is 5.02. The van der Waals surface area contributed by atoms with Crippen molar-refractivity contribution in [3.05, 3.63) is 35.4 Å². The quantitative estimate of drug-likeness (QED) is 0.797. The zero-order chi connectivity index (χ0) is 13.0. The van der Waals surface area contributed by atoms with Crippen molar-refractivity contribution >= 4 is 5.91 Å². The van der Waals surface area contributed by atoms with Gasteiger partial charge < -0.3 is 15.7 Å². The van der Waals surface area contributed by atoms with Gasteiger partial charge in [-0.05, 0) is 18.2 Å². The van der Waals surface area contributed by atoms with Crippen LogP contribution in [0, 0.1) is 11.6 Å². The second-order valence-electron chi connectivity index (χ2n) is 3.68. The van der Waals surface area contributed by atoms with Crippen molar-refractivity contribution in [2.24, 2.45) is 5.73 Å². The molecule has 0 spiro atoms. The van der Waals surface area contributed by atoms with Crippen LogP contribution in [0.4, 0.5) is 8.78 Å². The van der Waals surface area contributed by atoms with Gasteiger partial charge in [-0.25, -0.2) is 8.78 Å². The first-order chi connectivity index (χ1) is 7.95. The van der Waals surface area contributed by atoms with E-state index < -0.39 is 23.6 Å². The number of benzene rings is 1. The molecule has 0 saturated carbocycles. The molecule has 1 unspecified atom stereocenters. The molecule has 1 aromatic rings. The van der Waals surface area contributed by atoms with E-state index in [0.29, 0.717) is 0 Å². The Kier molecular flexibility index (Phi) is 4.53. The molecule has 3 N–H and O–H groups in total. The molecule has 0 saturated heterocycles. The highest BCUT2D eigenvalue weighted by Gasteiger charge is 2.19. The van der Waals surface area contributed by atoms with Crippen LogP contribution in [-0.2, 0) is 11.3 Å². The van der Waals surface area contributed by atoms with E-state index in [1.807, 2.05) is 0 Å². The summed E-state index contributed by atoms with van der Waals surface area (Å²) in [4.78, 5) is 12.5. The van der Waals surface area contributed by atoms with Crippen LogP contribution in [0.2, 0.25) is 0 Å². The normalized spacial score (nSPS) is 12.3. The molecule has 1 atom stereocenters. The lowest BCUT2D eigenvalue weighted by Gasteiger charge is -2.20. The number of aliphatic hydroxyl groups excluding tert-OH is 1. The van der Waals surface area contributed by atoms with Gasteiger partial charge >= 0.3 is 0 Å². The van der Waals surface area contributed by atoms with Crippen molar-refractivity contribution in [1.82, 2.24) is 4.90 Å². The number of halogens is 2. The van der Waals surface area contributed by atoms with Crippen LogP contribution < -0.4 is 5.73 Å². The molecule has 0 aromatic heterocycles. The third kappa shape index (κ3) is 3.47. The number of hydrogen-bond donors (Lipinski definition) is 2. The Morgan fingerprint density at radius 1 is 1.53 bits per heavy atom. The lowest BCUT2D eigenvalue weighted by Crippen LogP contribution is -2.40. The molecule has 1 amide bonds. The summed E-state index contributed by atoms with van der Waals surface area (Å²) < 4.78 is 26.2. The lowest BCUT2D eigenvalue weighted by atomic mass is 10.2. The number of carbonyl (C=O) groups is 1. The van der Waals surface area contributed by atoms with Gasteiger partial charge in [0.1, 0.15) is 17.7 Å². The molecule has 4 nitrogen and oxygen atoms in total. The van der Waals surface area contributed by atoms with Crippen molar-refractivity contribution in [3.63, 3.8) is 0 Å². The molecular weight excluding hydrogens is 230 g/mol. The number of nitrogens with two attached hydrogens (primary N) is 1. The Hall–Kier alpha value is -1.53. The monoisotopic (exact) mass is 244 g/mol. The van der Waals surface area contributed by atoms with Crippen molar-refractivity contribution in [3.8, 4) is 0 Å². The average molecular weight is 244 g/mol. The van der Waals surface area contributed by atoms with E-state index >= 15 is 0 Å². The summed E-state index contributed by atoms with van der Waals surface area (Å²) in [5.41, 5.74) is 5.17. The number of aliphatic hydroxyl groups is 1. The number of carbonyl (C=O) groups excluding carboxylic acids is 1. The molecule has 1 rings (SSSR count). The van der Waals surface area contributed by atoms with E-state index in [1.165, 1.54) is 7.05 Å². The number of hydrogen-bond acceptors (Lipinski definition) is 3. The molecule has 0 heterocycles. The summed E-state index contributed by atoms with van der Waals surface area (Å²) in [6, 6.07) is 2.99. The Bertz CT molecular complexity index is 412. The van der Waals surface area contributed by atoms with Crippen molar-refractivity contribution < 1.29 is 18.7 Å². The summed E-state index contributed by atoms with van der Waals surface area (Å²) in [6.45, 7) is -0.339. The van der Waals surface area contributed by atoms with Crippen LogP contribution in [0.5, 0.6) is 0 Å². The first kappa shape index (κ1) is 13.5. The van der Waals surface area contributed by atoms with Crippen molar-refractivity contribution in [2.45, 2.75) is 12.6 Å². The second-order valence-corrected chi connectivity index (χ2v) is 3.68. The van der Waals surface area contributed by atoms with Crippen LogP contribution in [0.25, 0.3) is 0 Å². The molecular formula is C11H14F2N2O2. The van der Waals surface area contributed by atoms with Gasteiger partial charge in [-0.1, -0.05) is 0 Å². The maximum Gasteiger partial charge on any atom is 0.252 e. The summed E-state index contributed by atoms with van der Waals surface area (Å²) in [6.07, 6.45) is -1.32. The Labute approximate surface area is 97.6 Å². The summed E-state index contributed by atoms with van der Waals surface area (Å²) in [5, 5.41) is 9.21. The van der Waals surface area contributed by atoms with E-state index in [0.717, 1.165) is 23.1 Å². The number of amides is 1. The van der Waals surface area contributed by atoms with Crippen LogP contribution in [0.3, 0.4) is 0 Å². The fourth-order valence-electron chi connectivity index (χ4n) is 1.35. The minimum atomic E-state index is -1.32. The van der Waals surface area contributed by atoms with Crippen LogP contribution in [0.15, 0.2) is 18.2 Å². The van der Waals surface area contributed by atoms with Gasteiger partial charge in [0.05, 0.1) is 0 Å². The Balaban J connectivity index is 2.77. The van der Waals surface area contributed by atoms with E-state index in [2.05, 4.69) is 0 Å². The number of likely N-dealkylation sites (N-methyl/N-ethyl adjacent to an activating group) is 1. The topological polar surface area (TPSA) is 66.6 Å². The highest BCUT2D eigenvalue weighted by Crippen LogP contribution is 2.12. The zero-order valence-corrected chi connectivity index (χ0v) is 9.36. The van der Waals surface area contributed by atoms with Gasteiger partial charge in [-0.2, -0.15) is 0 Å². The Morgan fingerprint density at radius 3 is 2.76 bits per heavy atom. The summed E-state index contributed by atoms with van der Waals surface area (Å²) in [7, 11) is 1.38. The van der Waals surface area contributed by atoms with E-state index in [4.69, 9.17) is 5.73 Å². The zero-order valence-electron chi connectivity index (χ0n) is 9.36. The van der Waals surface area contributed by atoms with Gasteiger partial charge in [0.2, 0.25) is 0 Å². The predicted molar refractivity (Wildman–Crippen MR) is 57.9 cm³/mol. The fraction of sp³-hybridized carbons (Fsp3) is 0.364. The number of nitrogens with zero attached hydrogens (tertiary/aromatic N) is 1. The van der Waals surface area contributed by atoms with E-state index in [-0.39, 0.29) is 18.7 Å². The minimum absolute atomic E-state index is 0.0464. The molecule has 1 aromatic carbocycles. The van der Waals surface area contributed by atoms with Crippen molar-refractivity contribution in [2.75, 3.05) is 13.6 Å².